The average Bonchev–Trinajstić information content (AvgIpc) is 2.49. The predicted octanol–water partition coefficient (Wildman–Crippen LogP) is 2.30. The van der Waals surface area contributed by atoms with E-state index in [1.807, 2.05) is 6.07 Å². The van der Waals surface area contributed by atoms with Gasteiger partial charge in [-0.3, -0.25) is 5.32 Å². The highest BCUT2D eigenvalue weighted by Gasteiger charge is 2.16. The van der Waals surface area contributed by atoms with Crippen molar-refractivity contribution in [2.24, 2.45) is 11.5 Å². The third kappa shape index (κ3) is 5.83. The zero-order chi connectivity index (χ0) is 18.6. The molecular formula is C19H28N4O2. The van der Waals surface area contributed by atoms with Crippen LogP contribution in [-0.4, -0.2) is 30.2 Å². The largest absolute Gasteiger partial charge is 0.444 e. The van der Waals surface area contributed by atoms with Crippen molar-refractivity contribution in [2.75, 3.05) is 13.6 Å². The smallest absolute Gasteiger partial charge is 0.413 e. The number of nitrogens with zero attached hydrogens (tertiary/aromatic N) is 1. The Morgan fingerprint density at radius 3 is 2.64 bits per heavy atom. The maximum atomic E-state index is 11.7. The maximum Gasteiger partial charge on any atom is 0.413 e. The molecule has 1 aliphatic rings. The van der Waals surface area contributed by atoms with Crippen molar-refractivity contribution in [3.63, 3.8) is 0 Å². The molecule has 1 heterocycles. The van der Waals surface area contributed by atoms with E-state index in [1.165, 1.54) is 11.1 Å². The Hall–Kier alpha value is -2.47. The van der Waals surface area contributed by atoms with Crippen LogP contribution in [0, 0.1) is 0 Å². The number of nitrogens with one attached hydrogen (secondary N) is 1. The number of hydrogen-bond acceptors (Lipinski definition) is 5. The quantitative estimate of drug-likeness (QED) is 0.732. The lowest BCUT2D eigenvalue weighted by Gasteiger charge is -2.25. The second-order valence-electron chi connectivity index (χ2n) is 7.34. The number of fused-ring (bicyclic) bond motifs is 1. The van der Waals surface area contributed by atoms with Gasteiger partial charge >= 0.3 is 6.09 Å². The summed E-state index contributed by atoms with van der Waals surface area (Å²) in [6, 6.07) is 6.26. The minimum atomic E-state index is -0.593. The van der Waals surface area contributed by atoms with Gasteiger partial charge in [0.15, 0.2) is 0 Å². The van der Waals surface area contributed by atoms with Crippen LogP contribution in [0.5, 0.6) is 0 Å². The topological polar surface area (TPSA) is 93.6 Å². The number of hydrogen-bond donors (Lipinski definition) is 3. The Morgan fingerprint density at radius 1 is 1.24 bits per heavy atom. The van der Waals surface area contributed by atoms with Gasteiger partial charge < -0.3 is 21.1 Å². The third-order valence-corrected chi connectivity index (χ3v) is 3.83. The Bertz CT molecular complexity index is 702. The van der Waals surface area contributed by atoms with Gasteiger partial charge in [0.25, 0.3) is 0 Å². The number of rotatable bonds is 3. The molecule has 0 aromatic heterocycles. The minimum Gasteiger partial charge on any atom is -0.444 e. The first-order chi connectivity index (χ1) is 11.6. The Kier molecular flexibility index (Phi) is 5.74. The first-order valence-electron chi connectivity index (χ1n) is 8.38. The number of amides is 1. The SMILES string of the molecule is CN1CCc2ccc(/C(N)=C/C=C(\N)NC(=O)OC(C)(C)C)cc2C1. The molecule has 0 saturated heterocycles. The Labute approximate surface area is 149 Å². The van der Waals surface area contributed by atoms with Crippen LogP contribution in [0.15, 0.2) is 36.2 Å². The van der Waals surface area contributed by atoms with Crippen LogP contribution in [-0.2, 0) is 17.7 Å². The van der Waals surface area contributed by atoms with Crippen molar-refractivity contribution in [2.45, 2.75) is 39.3 Å². The van der Waals surface area contributed by atoms with E-state index in [0.717, 1.165) is 25.1 Å². The van der Waals surface area contributed by atoms with E-state index in [9.17, 15) is 4.79 Å². The van der Waals surface area contributed by atoms with Crippen LogP contribution in [0.1, 0.15) is 37.5 Å². The lowest BCUT2D eigenvalue weighted by Crippen LogP contribution is -2.34. The molecule has 25 heavy (non-hydrogen) atoms. The third-order valence-electron chi connectivity index (χ3n) is 3.83. The molecule has 1 aliphatic heterocycles. The predicted molar refractivity (Wildman–Crippen MR) is 100 cm³/mol. The van der Waals surface area contributed by atoms with E-state index < -0.39 is 11.7 Å². The van der Waals surface area contributed by atoms with Gasteiger partial charge in [-0.05, 0) is 69.1 Å². The van der Waals surface area contributed by atoms with Crippen molar-refractivity contribution in [3.8, 4) is 0 Å². The number of carbonyl (C=O) groups is 1. The zero-order valence-electron chi connectivity index (χ0n) is 15.4. The first kappa shape index (κ1) is 18.9. The molecule has 0 aliphatic carbocycles. The van der Waals surface area contributed by atoms with Crippen LogP contribution in [0.25, 0.3) is 5.70 Å². The number of nitrogens with two attached hydrogens (primary N) is 2. The molecule has 6 nitrogen and oxygen atoms in total. The number of benzene rings is 1. The van der Waals surface area contributed by atoms with Crippen LogP contribution in [0.2, 0.25) is 0 Å². The molecule has 0 bridgehead atoms. The molecule has 1 aromatic carbocycles. The molecule has 6 heteroatoms. The standard InChI is InChI=1S/C19H28N4O2/c1-19(2,3)25-18(24)22-17(21)8-7-16(20)14-6-5-13-9-10-23(4)12-15(13)11-14/h5-8,11H,9-10,12,20-21H2,1-4H3,(H,22,24)/b16-7-,17-8+. The Morgan fingerprint density at radius 2 is 1.96 bits per heavy atom. The number of allylic oxidation sites excluding steroid dienone is 2. The molecule has 1 aromatic rings. The second-order valence-corrected chi connectivity index (χ2v) is 7.34. The summed E-state index contributed by atoms with van der Waals surface area (Å²) < 4.78 is 5.14. The lowest BCUT2D eigenvalue weighted by atomic mass is 9.96. The number of ether oxygens (including phenoxy) is 1. The highest BCUT2D eigenvalue weighted by Crippen LogP contribution is 2.21. The molecule has 1 amide bonds. The molecule has 0 fully saturated rings. The van der Waals surface area contributed by atoms with Crippen molar-refractivity contribution in [3.05, 3.63) is 52.9 Å². The summed E-state index contributed by atoms with van der Waals surface area (Å²) in [6.45, 7) is 7.37. The molecule has 0 atom stereocenters. The van der Waals surface area contributed by atoms with Gasteiger partial charge in [-0.2, -0.15) is 0 Å². The molecule has 0 spiro atoms. The fraction of sp³-hybridized carbons (Fsp3) is 0.421. The van der Waals surface area contributed by atoms with Crippen LogP contribution < -0.4 is 16.8 Å². The summed E-state index contributed by atoms with van der Waals surface area (Å²) in [5.41, 5.74) is 15.6. The van der Waals surface area contributed by atoms with Crippen LogP contribution in [0.4, 0.5) is 4.79 Å². The molecule has 0 saturated carbocycles. The second kappa shape index (κ2) is 7.61. The van der Waals surface area contributed by atoms with E-state index in [4.69, 9.17) is 16.2 Å². The van der Waals surface area contributed by atoms with Gasteiger partial charge in [0.2, 0.25) is 0 Å². The van der Waals surface area contributed by atoms with Gasteiger partial charge in [0.1, 0.15) is 11.4 Å². The molecule has 5 N–H and O–H groups in total. The van der Waals surface area contributed by atoms with Crippen LogP contribution >= 0.6 is 0 Å². The normalized spacial score (nSPS) is 16.3. The minimum absolute atomic E-state index is 0.176. The highest BCUT2D eigenvalue weighted by molar-refractivity contribution is 5.70. The highest BCUT2D eigenvalue weighted by atomic mass is 16.6. The van der Waals surface area contributed by atoms with Gasteiger partial charge in [0, 0.05) is 18.8 Å². The van der Waals surface area contributed by atoms with Crippen molar-refractivity contribution < 1.29 is 9.53 Å². The summed E-state index contributed by atoms with van der Waals surface area (Å²) >= 11 is 0. The first-order valence-corrected chi connectivity index (χ1v) is 8.38. The molecule has 0 radical (unpaired) electrons. The summed E-state index contributed by atoms with van der Waals surface area (Å²) in [5, 5.41) is 2.47. The van der Waals surface area contributed by atoms with E-state index in [0.29, 0.717) is 5.70 Å². The van der Waals surface area contributed by atoms with E-state index >= 15 is 0 Å². The number of carbonyl (C=O) groups excluding carboxylic acids is 1. The lowest BCUT2D eigenvalue weighted by molar-refractivity contribution is 0.0545. The van der Waals surface area contributed by atoms with Gasteiger partial charge in [-0.15, -0.1) is 0 Å². The average molecular weight is 344 g/mol. The van der Waals surface area contributed by atoms with Gasteiger partial charge in [-0.25, -0.2) is 4.79 Å². The molecular weight excluding hydrogens is 316 g/mol. The fourth-order valence-electron chi connectivity index (χ4n) is 2.62. The van der Waals surface area contributed by atoms with E-state index in [1.54, 1.807) is 32.9 Å². The van der Waals surface area contributed by atoms with Gasteiger partial charge in [0.05, 0.1) is 0 Å². The van der Waals surface area contributed by atoms with Crippen LogP contribution in [0.3, 0.4) is 0 Å². The van der Waals surface area contributed by atoms with Crippen molar-refractivity contribution in [1.29, 1.82) is 0 Å². The molecule has 2 rings (SSSR count). The van der Waals surface area contributed by atoms with E-state index in [2.05, 4.69) is 29.4 Å². The van der Waals surface area contributed by atoms with Crippen molar-refractivity contribution >= 4 is 11.8 Å². The number of alkyl carbamates (subject to hydrolysis) is 1. The Balaban J connectivity index is 2.05. The van der Waals surface area contributed by atoms with E-state index in [-0.39, 0.29) is 5.82 Å². The summed E-state index contributed by atoms with van der Waals surface area (Å²) in [5.74, 6) is 0.176. The fourth-order valence-corrected chi connectivity index (χ4v) is 2.62. The summed E-state index contributed by atoms with van der Waals surface area (Å²) in [6.07, 6.45) is 3.71. The molecule has 136 valence electrons. The van der Waals surface area contributed by atoms with Gasteiger partial charge in [-0.1, -0.05) is 12.1 Å². The summed E-state index contributed by atoms with van der Waals surface area (Å²) in [7, 11) is 2.11. The van der Waals surface area contributed by atoms with Crippen molar-refractivity contribution in [1.82, 2.24) is 10.2 Å². The monoisotopic (exact) mass is 344 g/mol. The maximum absolute atomic E-state index is 11.7. The number of likely N-dealkylation sites (N-methyl/N-ethyl adjacent to an activating group) is 1. The molecule has 0 unspecified atom stereocenters. The zero-order valence-corrected chi connectivity index (χ0v) is 15.4. The summed E-state index contributed by atoms with van der Waals surface area (Å²) in [4.78, 5) is 14.0.